The standard InChI is InChI=1S/C15H20ClNO3S/c1-10-8-13(21(16,19)20)9-14(11(10)2)15(18)17-7-6-12-4-3-5-12/h8-9,12H,3-7H2,1-2H3,(H,17,18). The van der Waals surface area contributed by atoms with Crippen LogP contribution < -0.4 is 5.32 Å². The Morgan fingerprint density at radius 3 is 2.52 bits per heavy atom. The summed E-state index contributed by atoms with van der Waals surface area (Å²) in [6.07, 6.45) is 4.76. The molecule has 0 heterocycles. The number of benzene rings is 1. The molecule has 1 amide bonds. The van der Waals surface area contributed by atoms with Crippen LogP contribution in [0.1, 0.15) is 47.2 Å². The fourth-order valence-electron chi connectivity index (χ4n) is 2.47. The first-order chi connectivity index (χ1) is 9.79. The van der Waals surface area contributed by atoms with Crippen molar-refractivity contribution in [2.24, 2.45) is 5.92 Å². The lowest BCUT2D eigenvalue weighted by Gasteiger charge is -2.25. The Hall–Kier alpha value is -1.07. The monoisotopic (exact) mass is 329 g/mol. The minimum Gasteiger partial charge on any atom is -0.352 e. The van der Waals surface area contributed by atoms with Crippen molar-refractivity contribution in [3.63, 3.8) is 0 Å². The lowest BCUT2D eigenvalue weighted by Crippen LogP contribution is -2.28. The van der Waals surface area contributed by atoms with Crippen LogP contribution in [0.4, 0.5) is 0 Å². The first kappa shape index (κ1) is 16.3. The number of halogens is 1. The quantitative estimate of drug-likeness (QED) is 0.844. The van der Waals surface area contributed by atoms with E-state index in [1.54, 1.807) is 13.8 Å². The van der Waals surface area contributed by atoms with Crippen LogP contribution in [-0.4, -0.2) is 20.9 Å². The molecular weight excluding hydrogens is 310 g/mol. The van der Waals surface area contributed by atoms with E-state index in [1.165, 1.54) is 31.4 Å². The molecule has 0 aliphatic heterocycles. The molecule has 1 saturated carbocycles. The van der Waals surface area contributed by atoms with Gasteiger partial charge in [0.15, 0.2) is 0 Å². The molecule has 1 aliphatic rings. The maximum absolute atomic E-state index is 12.2. The third kappa shape index (κ3) is 3.98. The molecule has 1 fully saturated rings. The Kier molecular flexibility index (Phi) is 4.94. The molecule has 0 unspecified atom stereocenters. The molecule has 0 aromatic heterocycles. The van der Waals surface area contributed by atoms with Gasteiger partial charge in [-0.25, -0.2) is 8.42 Å². The average Bonchev–Trinajstić information content (AvgIpc) is 2.33. The van der Waals surface area contributed by atoms with Crippen molar-refractivity contribution in [3.8, 4) is 0 Å². The van der Waals surface area contributed by atoms with Gasteiger partial charge in [-0.1, -0.05) is 19.3 Å². The van der Waals surface area contributed by atoms with Crippen molar-refractivity contribution >= 4 is 25.6 Å². The van der Waals surface area contributed by atoms with Gasteiger partial charge in [0.25, 0.3) is 15.0 Å². The molecule has 0 bridgehead atoms. The van der Waals surface area contributed by atoms with Crippen LogP contribution >= 0.6 is 10.7 Å². The Morgan fingerprint density at radius 2 is 2.00 bits per heavy atom. The minimum atomic E-state index is -3.83. The lowest BCUT2D eigenvalue weighted by molar-refractivity contribution is 0.0948. The molecule has 0 radical (unpaired) electrons. The van der Waals surface area contributed by atoms with Gasteiger partial charge in [0.2, 0.25) is 0 Å². The highest BCUT2D eigenvalue weighted by Crippen LogP contribution is 2.29. The smallest absolute Gasteiger partial charge is 0.261 e. The van der Waals surface area contributed by atoms with Crippen molar-refractivity contribution < 1.29 is 13.2 Å². The van der Waals surface area contributed by atoms with E-state index in [0.717, 1.165) is 23.5 Å². The van der Waals surface area contributed by atoms with E-state index >= 15 is 0 Å². The SMILES string of the molecule is Cc1cc(S(=O)(=O)Cl)cc(C(=O)NCCC2CCC2)c1C. The van der Waals surface area contributed by atoms with Crippen LogP contribution in [0.3, 0.4) is 0 Å². The average molecular weight is 330 g/mol. The largest absolute Gasteiger partial charge is 0.352 e. The fraction of sp³-hybridized carbons (Fsp3) is 0.533. The first-order valence-corrected chi connectivity index (χ1v) is 9.44. The van der Waals surface area contributed by atoms with Crippen molar-refractivity contribution in [3.05, 3.63) is 28.8 Å². The molecule has 0 atom stereocenters. The molecular formula is C15H20ClNO3S. The maximum Gasteiger partial charge on any atom is 0.261 e. The van der Waals surface area contributed by atoms with Crippen LogP contribution in [0.15, 0.2) is 17.0 Å². The van der Waals surface area contributed by atoms with Crippen molar-refractivity contribution in [1.29, 1.82) is 0 Å². The highest BCUT2D eigenvalue weighted by molar-refractivity contribution is 8.13. The Balaban J connectivity index is 2.13. The predicted octanol–water partition coefficient (Wildman–Crippen LogP) is 3.15. The Bertz CT molecular complexity index is 651. The third-order valence-electron chi connectivity index (χ3n) is 4.23. The van der Waals surface area contributed by atoms with Gasteiger partial charge in [-0.15, -0.1) is 0 Å². The molecule has 1 aromatic rings. The molecule has 0 spiro atoms. The number of aryl methyl sites for hydroxylation is 1. The summed E-state index contributed by atoms with van der Waals surface area (Å²) in [5.74, 6) is 0.486. The van der Waals surface area contributed by atoms with Gasteiger partial charge in [0, 0.05) is 22.8 Å². The fourth-order valence-corrected chi connectivity index (χ4v) is 3.31. The zero-order valence-electron chi connectivity index (χ0n) is 12.3. The van der Waals surface area contributed by atoms with E-state index < -0.39 is 9.05 Å². The summed E-state index contributed by atoms with van der Waals surface area (Å²) < 4.78 is 22.9. The topological polar surface area (TPSA) is 63.2 Å². The number of amides is 1. The second-order valence-corrected chi connectivity index (χ2v) is 8.26. The molecule has 1 N–H and O–H groups in total. The van der Waals surface area contributed by atoms with Gasteiger partial charge < -0.3 is 5.32 Å². The number of hydrogen-bond donors (Lipinski definition) is 1. The molecule has 4 nitrogen and oxygen atoms in total. The first-order valence-electron chi connectivity index (χ1n) is 7.13. The lowest BCUT2D eigenvalue weighted by atomic mass is 9.83. The molecule has 1 aliphatic carbocycles. The molecule has 6 heteroatoms. The van der Waals surface area contributed by atoms with Crippen molar-refractivity contribution in [2.45, 2.75) is 44.4 Å². The number of carbonyl (C=O) groups is 1. The van der Waals surface area contributed by atoms with E-state index in [1.807, 2.05) is 0 Å². The molecule has 0 saturated heterocycles. The predicted molar refractivity (Wildman–Crippen MR) is 83.2 cm³/mol. The van der Waals surface area contributed by atoms with Crippen molar-refractivity contribution in [2.75, 3.05) is 6.54 Å². The van der Waals surface area contributed by atoms with Crippen LogP contribution in [0.2, 0.25) is 0 Å². The van der Waals surface area contributed by atoms with Crippen LogP contribution in [-0.2, 0) is 9.05 Å². The number of rotatable bonds is 5. The third-order valence-corrected chi connectivity index (χ3v) is 5.56. The molecule has 1 aromatic carbocycles. The van der Waals surface area contributed by atoms with Gasteiger partial charge in [-0.05, 0) is 49.4 Å². The second kappa shape index (κ2) is 6.36. The second-order valence-electron chi connectivity index (χ2n) is 5.69. The maximum atomic E-state index is 12.2. The van der Waals surface area contributed by atoms with E-state index in [9.17, 15) is 13.2 Å². The van der Waals surface area contributed by atoms with E-state index in [2.05, 4.69) is 5.32 Å². The summed E-state index contributed by atoms with van der Waals surface area (Å²) in [4.78, 5) is 12.2. The Labute approximate surface area is 130 Å². The Morgan fingerprint density at radius 1 is 1.33 bits per heavy atom. The zero-order valence-corrected chi connectivity index (χ0v) is 13.9. The van der Waals surface area contributed by atoms with E-state index in [-0.39, 0.29) is 10.8 Å². The highest BCUT2D eigenvalue weighted by atomic mass is 35.7. The molecule has 21 heavy (non-hydrogen) atoms. The summed E-state index contributed by atoms with van der Waals surface area (Å²) in [5, 5.41) is 2.87. The van der Waals surface area contributed by atoms with Gasteiger partial charge >= 0.3 is 0 Å². The number of hydrogen-bond acceptors (Lipinski definition) is 3. The van der Waals surface area contributed by atoms with Crippen LogP contribution in [0, 0.1) is 19.8 Å². The number of nitrogens with one attached hydrogen (secondary N) is 1. The normalized spacial score (nSPS) is 15.6. The molecule has 116 valence electrons. The summed E-state index contributed by atoms with van der Waals surface area (Å²) in [5.41, 5.74) is 1.89. The van der Waals surface area contributed by atoms with Crippen LogP contribution in [0.5, 0.6) is 0 Å². The summed E-state index contributed by atoms with van der Waals surface area (Å²) in [6, 6.07) is 2.84. The molecule has 2 rings (SSSR count). The highest BCUT2D eigenvalue weighted by Gasteiger charge is 2.19. The summed E-state index contributed by atoms with van der Waals surface area (Å²) in [6.45, 7) is 4.20. The van der Waals surface area contributed by atoms with Gasteiger partial charge in [0.1, 0.15) is 0 Å². The minimum absolute atomic E-state index is 0.0311. The van der Waals surface area contributed by atoms with Gasteiger partial charge in [-0.3, -0.25) is 4.79 Å². The number of carbonyl (C=O) groups excluding carboxylic acids is 1. The van der Waals surface area contributed by atoms with Gasteiger partial charge in [-0.2, -0.15) is 0 Å². The van der Waals surface area contributed by atoms with E-state index in [4.69, 9.17) is 10.7 Å². The summed E-state index contributed by atoms with van der Waals surface area (Å²) in [7, 11) is 1.54. The summed E-state index contributed by atoms with van der Waals surface area (Å²) >= 11 is 0. The zero-order chi connectivity index (χ0) is 15.6. The van der Waals surface area contributed by atoms with E-state index in [0.29, 0.717) is 12.1 Å². The van der Waals surface area contributed by atoms with Crippen molar-refractivity contribution in [1.82, 2.24) is 5.32 Å². The van der Waals surface area contributed by atoms with Gasteiger partial charge in [0.05, 0.1) is 4.90 Å². The van der Waals surface area contributed by atoms with Crippen LogP contribution in [0.25, 0.3) is 0 Å².